The summed E-state index contributed by atoms with van der Waals surface area (Å²) in [5.74, 6) is 0.638. The first kappa shape index (κ1) is 20.9. The Labute approximate surface area is 183 Å². The van der Waals surface area contributed by atoms with E-state index in [2.05, 4.69) is 18.3 Å². The maximum absolute atomic E-state index is 13.6. The van der Waals surface area contributed by atoms with E-state index in [1.165, 1.54) is 5.56 Å². The molecule has 1 atom stereocenters. The molecule has 2 heterocycles. The highest BCUT2D eigenvalue weighted by Gasteiger charge is 2.37. The van der Waals surface area contributed by atoms with Crippen molar-refractivity contribution in [2.24, 2.45) is 5.92 Å². The fourth-order valence-corrected chi connectivity index (χ4v) is 4.62. The molecule has 2 aromatic carbocycles. The number of piperidine rings is 1. The number of halogens is 1. The number of nitrogens with zero attached hydrogens (tertiary/aromatic N) is 2. The van der Waals surface area contributed by atoms with Gasteiger partial charge in [-0.15, -0.1) is 0 Å². The van der Waals surface area contributed by atoms with Gasteiger partial charge in [0.05, 0.1) is 6.54 Å². The van der Waals surface area contributed by atoms with Crippen molar-refractivity contribution in [3.63, 3.8) is 0 Å². The van der Waals surface area contributed by atoms with E-state index in [9.17, 15) is 9.59 Å². The van der Waals surface area contributed by atoms with Gasteiger partial charge in [0.15, 0.2) is 0 Å². The van der Waals surface area contributed by atoms with Crippen LogP contribution in [-0.4, -0.2) is 47.8 Å². The molecule has 5 nitrogen and oxygen atoms in total. The predicted molar refractivity (Wildman–Crippen MR) is 120 cm³/mol. The van der Waals surface area contributed by atoms with Gasteiger partial charge in [0.2, 0.25) is 11.8 Å². The zero-order chi connectivity index (χ0) is 21.1. The summed E-state index contributed by atoms with van der Waals surface area (Å²) in [5.41, 5.74) is 2.90. The second-order valence-corrected chi connectivity index (χ2v) is 8.82. The Balaban J connectivity index is 1.53. The van der Waals surface area contributed by atoms with Crippen LogP contribution in [0, 0.1) is 5.92 Å². The fourth-order valence-electron chi connectivity index (χ4n) is 4.43. The van der Waals surface area contributed by atoms with Crippen molar-refractivity contribution in [3.05, 3.63) is 64.7 Å². The minimum atomic E-state index is -0.409. The van der Waals surface area contributed by atoms with Crippen molar-refractivity contribution in [1.82, 2.24) is 9.80 Å². The largest absolute Gasteiger partial charge is 0.341 e. The second-order valence-electron chi connectivity index (χ2n) is 8.39. The van der Waals surface area contributed by atoms with Crippen molar-refractivity contribution in [2.45, 2.75) is 32.2 Å². The molecule has 1 saturated heterocycles. The van der Waals surface area contributed by atoms with E-state index in [-0.39, 0.29) is 18.4 Å². The summed E-state index contributed by atoms with van der Waals surface area (Å²) >= 11 is 6.03. The number of hydrogen-bond acceptors (Lipinski definition) is 3. The highest BCUT2D eigenvalue weighted by Crippen LogP contribution is 2.32. The molecule has 158 valence electrons. The zero-order valence-corrected chi connectivity index (χ0v) is 18.1. The van der Waals surface area contributed by atoms with Crippen LogP contribution >= 0.6 is 11.6 Å². The van der Waals surface area contributed by atoms with E-state index in [4.69, 9.17) is 11.6 Å². The number of fused-ring (bicyclic) bond motifs is 1. The summed E-state index contributed by atoms with van der Waals surface area (Å²) in [7, 11) is 0. The molecule has 2 aliphatic rings. The average molecular weight is 426 g/mol. The summed E-state index contributed by atoms with van der Waals surface area (Å²) in [5, 5.41) is 3.48. The van der Waals surface area contributed by atoms with Crippen molar-refractivity contribution < 1.29 is 9.59 Å². The third kappa shape index (κ3) is 4.68. The standard InChI is InChI=1S/C24H28ClN3O2/c1-17-9-12-27(13-10-17)24(30)23-21-8-3-2-5-18(21)11-14-28(23)16-22(29)26-20-7-4-6-19(25)15-20/h2-8,15,17,23H,9-14,16H2,1H3,(H,26,29)/t23-/m1/s1. The number of anilines is 1. The fraction of sp³-hybridized carbons (Fsp3) is 0.417. The number of nitrogens with one attached hydrogen (secondary N) is 1. The molecule has 6 heteroatoms. The van der Waals surface area contributed by atoms with Gasteiger partial charge in [-0.3, -0.25) is 14.5 Å². The van der Waals surface area contributed by atoms with Gasteiger partial charge in [-0.1, -0.05) is 48.9 Å². The molecule has 0 saturated carbocycles. The number of likely N-dealkylation sites (tertiary alicyclic amines) is 1. The lowest BCUT2D eigenvalue weighted by Crippen LogP contribution is -2.50. The molecule has 30 heavy (non-hydrogen) atoms. The van der Waals surface area contributed by atoms with Crippen LogP contribution in [-0.2, 0) is 16.0 Å². The molecule has 4 rings (SSSR count). The number of amides is 2. The molecular weight excluding hydrogens is 398 g/mol. The topological polar surface area (TPSA) is 52.7 Å². The molecule has 0 radical (unpaired) electrons. The molecule has 1 N–H and O–H groups in total. The zero-order valence-electron chi connectivity index (χ0n) is 17.3. The number of benzene rings is 2. The van der Waals surface area contributed by atoms with Crippen LogP contribution in [0.1, 0.15) is 36.9 Å². The molecule has 0 aliphatic carbocycles. The van der Waals surface area contributed by atoms with Crippen LogP contribution in [0.15, 0.2) is 48.5 Å². The van der Waals surface area contributed by atoms with Crippen LogP contribution < -0.4 is 5.32 Å². The van der Waals surface area contributed by atoms with E-state index < -0.39 is 6.04 Å². The number of carbonyl (C=O) groups is 2. The van der Waals surface area contributed by atoms with E-state index in [1.807, 2.05) is 34.1 Å². The Morgan fingerprint density at radius 1 is 1.07 bits per heavy atom. The Hall–Kier alpha value is -2.37. The third-order valence-electron chi connectivity index (χ3n) is 6.17. The van der Waals surface area contributed by atoms with Crippen molar-refractivity contribution in [1.29, 1.82) is 0 Å². The van der Waals surface area contributed by atoms with Gasteiger partial charge < -0.3 is 10.2 Å². The van der Waals surface area contributed by atoms with Gasteiger partial charge in [0, 0.05) is 30.3 Å². The van der Waals surface area contributed by atoms with Crippen LogP contribution in [0.25, 0.3) is 0 Å². The van der Waals surface area contributed by atoms with Crippen molar-refractivity contribution >= 4 is 29.1 Å². The SMILES string of the molecule is CC1CCN(C(=O)[C@H]2c3ccccc3CCN2CC(=O)Nc2cccc(Cl)c2)CC1. The Bertz CT molecular complexity index is 924. The van der Waals surface area contributed by atoms with Gasteiger partial charge >= 0.3 is 0 Å². The van der Waals surface area contributed by atoms with Gasteiger partial charge in [0.25, 0.3) is 0 Å². The van der Waals surface area contributed by atoms with E-state index >= 15 is 0 Å². The first-order valence-electron chi connectivity index (χ1n) is 10.7. The van der Waals surface area contributed by atoms with Gasteiger partial charge in [-0.05, 0) is 54.5 Å². The normalized spacial score (nSPS) is 19.9. The van der Waals surface area contributed by atoms with Gasteiger partial charge in [0.1, 0.15) is 6.04 Å². The molecular formula is C24H28ClN3O2. The lowest BCUT2D eigenvalue weighted by molar-refractivity contribution is -0.139. The van der Waals surface area contributed by atoms with Gasteiger partial charge in [-0.2, -0.15) is 0 Å². The number of carbonyl (C=O) groups excluding carboxylic acids is 2. The predicted octanol–water partition coefficient (Wildman–Crippen LogP) is 4.14. The average Bonchev–Trinajstić information content (AvgIpc) is 2.73. The summed E-state index contributed by atoms with van der Waals surface area (Å²) in [6, 6.07) is 14.8. The molecule has 0 spiro atoms. The summed E-state index contributed by atoms with van der Waals surface area (Å²) in [6.45, 7) is 4.68. The highest BCUT2D eigenvalue weighted by atomic mass is 35.5. The van der Waals surface area contributed by atoms with Crippen LogP contribution in [0.4, 0.5) is 5.69 Å². The van der Waals surface area contributed by atoms with Crippen molar-refractivity contribution in [3.8, 4) is 0 Å². The number of rotatable bonds is 4. The summed E-state index contributed by atoms with van der Waals surface area (Å²) in [4.78, 5) is 30.3. The quantitative estimate of drug-likeness (QED) is 0.801. The first-order chi connectivity index (χ1) is 14.5. The molecule has 0 aromatic heterocycles. The second kappa shape index (κ2) is 9.19. The van der Waals surface area contributed by atoms with E-state index in [0.717, 1.165) is 37.9 Å². The molecule has 1 fully saturated rings. The monoisotopic (exact) mass is 425 g/mol. The molecule has 2 aliphatic heterocycles. The molecule has 2 amide bonds. The first-order valence-corrected chi connectivity index (χ1v) is 11.0. The third-order valence-corrected chi connectivity index (χ3v) is 6.40. The highest BCUT2D eigenvalue weighted by molar-refractivity contribution is 6.30. The smallest absolute Gasteiger partial charge is 0.244 e. The summed E-state index contributed by atoms with van der Waals surface area (Å²) < 4.78 is 0. The minimum Gasteiger partial charge on any atom is -0.341 e. The van der Waals surface area contributed by atoms with Crippen LogP contribution in [0.5, 0.6) is 0 Å². The molecule has 0 bridgehead atoms. The lowest BCUT2D eigenvalue weighted by atomic mass is 9.90. The Morgan fingerprint density at radius 2 is 1.83 bits per heavy atom. The maximum Gasteiger partial charge on any atom is 0.244 e. The Kier molecular flexibility index (Phi) is 6.40. The number of hydrogen-bond donors (Lipinski definition) is 1. The van der Waals surface area contributed by atoms with Crippen molar-refractivity contribution in [2.75, 3.05) is 31.5 Å². The van der Waals surface area contributed by atoms with E-state index in [0.29, 0.717) is 23.2 Å². The Morgan fingerprint density at radius 3 is 2.60 bits per heavy atom. The summed E-state index contributed by atoms with van der Waals surface area (Å²) in [6.07, 6.45) is 2.91. The van der Waals surface area contributed by atoms with Gasteiger partial charge in [-0.25, -0.2) is 0 Å². The lowest BCUT2D eigenvalue weighted by Gasteiger charge is -2.40. The van der Waals surface area contributed by atoms with Crippen LogP contribution in [0.3, 0.4) is 0 Å². The molecule has 2 aromatic rings. The maximum atomic E-state index is 13.6. The molecule has 0 unspecified atom stereocenters. The minimum absolute atomic E-state index is 0.115. The van der Waals surface area contributed by atoms with Crippen LogP contribution in [0.2, 0.25) is 5.02 Å². The van der Waals surface area contributed by atoms with E-state index in [1.54, 1.807) is 18.2 Å².